The average Bonchev–Trinajstić information content (AvgIpc) is 3.37. The minimum absolute atomic E-state index is 0.0340. The Kier molecular flexibility index (Phi) is 6.44. The molecule has 1 aliphatic rings. The molecule has 1 aromatic rings. The van der Waals surface area contributed by atoms with Crippen molar-refractivity contribution >= 4 is 11.9 Å². The fraction of sp³-hybridized carbons (Fsp3) is 0.556. The van der Waals surface area contributed by atoms with Gasteiger partial charge in [0.05, 0.1) is 0 Å². The van der Waals surface area contributed by atoms with Gasteiger partial charge in [-0.05, 0) is 31.7 Å². The summed E-state index contributed by atoms with van der Waals surface area (Å²) in [5.41, 5.74) is 1.60. The number of guanidine groups is 1. The molecule has 1 aliphatic carbocycles. The maximum absolute atomic E-state index is 11.7. The van der Waals surface area contributed by atoms with E-state index in [0.717, 1.165) is 19.5 Å². The topological polar surface area (TPSA) is 65.5 Å². The summed E-state index contributed by atoms with van der Waals surface area (Å²) >= 11 is 0. The van der Waals surface area contributed by atoms with E-state index in [1.165, 1.54) is 18.4 Å². The summed E-state index contributed by atoms with van der Waals surface area (Å²) in [5, 5.41) is 9.44. The lowest BCUT2D eigenvalue weighted by Gasteiger charge is -2.19. The number of carbonyl (C=O) groups excluding carboxylic acids is 1. The zero-order chi connectivity index (χ0) is 16.5. The van der Waals surface area contributed by atoms with Crippen LogP contribution >= 0.6 is 0 Å². The van der Waals surface area contributed by atoms with Gasteiger partial charge in [0.15, 0.2) is 5.96 Å². The third-order valence-corrected chi connectivity index (χ3v) is 4.13. The fourth-order valence-electron chi connectivity index (χ4n) is 2.58. The molecule has 1 fully saturated rings. The van der Waals surface area contributed by atoms with Crippen molar-refractivity contribution < 1.29 is 4.79 Å². The summed E-state index contributed by atoms with van der Waals surface area (Å²) in [6.07, 6.45) is 3.33. The van der Waals surface area contributed by atoms with Crippen LogP contribution in [0, 0.1) is 0 Å². The molecule has 3 N–H and O–H groups in total. The van der Waals surface area contributed by atoms with Crippen molar-refractivity contribution in [1.29, 1.82) is 0 Å². The molecule has 23 heavy (non-hydrogen) atoms. The molecule has 5 nitrogen and oxygen atoms in total. The number of hydrogen-bond acceptors (Lipinski definition) is 2. The lowest BCUT2D eigenvalue weighted by atomic mass is 9.96. The van der Waals surface area contributed by atoms with E-state index < -0.39 is 0 Å². The van der Waals surface area contributed by atoms with Gasteiger partial charge in [0.25, 0.3) is 0 Å². The first-order valence-corrected chi connectivity index (χ1v) is 8.54. The first-order valence-electron chi connectivity index (χ1n) is 8.54. The number of carbonyl (C=O) groups is 1. The Hall–Kier alpha value is -2.04. The largest absolute Gasteiger partial charge is 0.357 e. The van der Waals surface area contributed by atoms with E-state index in [0.29, 0.717) is 12.5 Å². The van der Waals surface area contributed by atoms with Gasteiger partial charge >= 0.3 is 0 Å². The van der Waals surface area contributed by atoms with Crippen LogP contribution in [0.25, 0.3) is 0 Å². The zero-order valence-electron chi connectivity index (χ0n) is 14.2. The van der Waals surface area contributed by atoms with Crippen molar-refractivity contribution in [2.75, 3.05) is 26.2 Å². The standard InChI is InChI=1S/C18H28N4O/c1-3-12-20-16(23)13-21-17(19-4-2)22-14-18(10-11-18)15-8-6-5-7-9-15/h5-9H,3-4,10-14H2,1-2H3,(H,20,23)(H2,19,21,22). The maximum atomic E-state index is 11.7. The Morgan fingerprint density at radius 3 is 2.48 bits per heavy atom. The van der Waals surface area contributed by atoms with Crippen molar-refractivity contribution in [3.8, 4) is 0 Å². The molecule has 0 spiro atoms. The molecule has 2 rings (SSSR count). The molecule has 0 heterocycles. The predicted molar refractivity (Wildman–Crippen MR) is 94.6 cm³/mol. The summed E-state index contributed by atoms with van der Waals surface area (Å²) < 4.78 is 0. The first kappa shape index (κ1) is 17.3. The smallest absolute Gasteiger partial charge is 0.241 e. The van der Waals surface area contributed by atoms with Crippen molar-refractivity contribution in [2.45, 2.75) is 38.5 Å². The summed E-state index contributed by atoms with van der Waals surface area (Å²) in [5.74, 6) is 0.676. The Morgan fingerprint density at radius 2 is 1.87 bits per heavy atom. The molecule has 0 radical (unpaired) electrons. The van der Waals surface area contributed by atoms with Crippen molar-refractivity contribution in [2.24, 2.45) is 4.99 Å². The Morgan fingerprint density at radius 1 is 1.13 bits per heavy atom. The molecule has 1 amide bonds. The van der Waals surface area contributed by atoms with E-state index in [1.54, 1.807) is 0 Å². The highest BCUT2D eigenvalue weighted by atomic mass is 16.1. The first-order chi connectivity index (χ1) is 11.2. The van der Waals surface area contributed by atoms with Gasteiger partial charge in [-0.15, -0.1) is 0 Å². The Balaban J connectivity index is 1.88. The van der Waals surface area contributed by atoms with Crippen molar-refractivity contribution in [1.82, 2.24) is 16.0 Å². The minimum Gasteiger partial charge on any atom is -0.357 e. The van der Waals surface area contributed by atoms with E-state index in [9.17, 15) is 4.79 Å². The third-order valence-electron chi connectivity index (χ3n) is 4.13. The van der Waals surface area contributed by atoms with Gasteiger partial charge in [-0.25, -0.2) is 4.99 Å². The number of aliphatic imine (C=N–C) groups is 1. The minimum atomic E-state index is -0.0340. The van der Waals surface area contributed by atoms with Crippen LogP contribution in [0.1, 0.15) is 38.7 Å². The molecule has 0 saturated heterocycles. The van der Waals surface area contributed by atoms with Gasteiger partial charge in [-0.2, -0.15) is 0 Å². The van der Waals surface area contributed by atoms with Gasteiger partial charge in [0.1, 0.15) is 6.54 Å². The summed E-state index contributed by atoms with van der Waals surface area (Å²) in [6.45, 7) is 6.55. The van der Waals surface area contributed by atoms with E-state index in [1.807, 2.05) is 19.9 Å². The average molecular weight is 316 g/mol. The lowest BCUT2D eigenvalue weighted by molar-refractivity contribution is -0.119. The van der Waals surface area contributed by atoms with Crippen molar-refractivity contribution in [3.63, 3.8) is 0 Å². The molecular weight excluding hydrogens is 288 g/mol. The van der Waals surface area contributed by atoms with Crippen LogP contribution < -0.4 is 16.0 Å². The quantitative estimate of drug-likeness (QED) is 0.506. The van der Waals surface area contributed by atoms with Crippen molar-refractivity contribution in [3.05, 3.63) is 35.9 Å². The predicted octanol–water partition coefficient (Wildman–Crippen LogP) is 1.80. The molecule has 1 aromatic carbocycles. The van der Waals surface area contributed by atoms with Gasteiger partial charge in [0, 0.05) is 25.0 Å². The van der Waals surface area contributed by atoms with Crippen LogP contribution in [0.4, 0.5) is 0 Å². The number of amides is 1. The Labute approximate surface area is 139 Å². The maximum Gasteiger partial charge on any atom is 0.241 e. The second-order valence-corrected chi connectivity index (χ2v) is 6.05. The van der Waals surface area contributed by atoms with Crippen LogP contribution in [0.5, 0.6) is 0 Å². The van der Waals surface area contributed by atoms with E-state index in [4.69, 9.17) is 0 Å². The zero-order valence-corrected chi connectivity index (χ0v) is 14.2. The molecule has 0 unspecified atom stereocenters. The number of nitrogens with one attached hydrogen (secondary N) is 3. The molecule has 0 aliphatic heterocycles. The molecule has 5 heteroatoms. The normalized spacial score (nSPS) is 15.8. The van der Waals surface area contributed by atoms with Crippen LogP contribution in [0.15, 0.2) is 35.3 Å². The molecule has 0 aromatic heterocycles. The summed E-state index contributed by atoms with van der Waals surface area (Å²) in [4.78, 5) is 16.0. The fourth-order valence-corrected chi connectivity index (χ4v) is 2.58. The number of benzene rings is 1. The van der Waals surface area contributed by atoms with Crippen LogP contribution in [0.2, 0.25) is 0 Å². The Bertz CT molecular complexity index is 523. The molecule has 0 bridgehead atoms. The van der Waals surface area contributed by atoms with Crippen LogP contribution in [0.3, 0.4) is 0 Å². The molecule has 126 valence electrons. The summed E-state index contributed by atoms with van der Waals surface area (Å²) in [6, 6.07) is 10.6. The van der Waals surface area contributed by atoms with E-state index >= 15 is 0 Å². The van der Waals surface area contributed by atoms with Gasteiger partial charge in [-0.1, -0.05) is 37.3 Å². The molecule has 1 saturated carbocycles. The second-order valence-electron chi connectivity index (χ2n) is 6.05. The second kappa shape index (κ2) is 8.56. The number of nitrogens with zero attached hydrogens (tertiary/aromatic N) is 1. The lowest BCUT2D eigenvalue weighted by Crippen LogP contribution is -2.42. The van der Waals surface area contributed by atoms with E-state index in [-0.39, 0.29) is 17.9 Å². The monoisotopic (exact) mass is 316 g/mol. The summed E-state index contributed by atoms with van der Waals surface area (Å²) in [7, 11) is 0. The van der Waals surface area contributed by atoms with E-state index in [2.05, 4.69) is 45.2 Å². The van der Waals surface area contributed by atoms with Crippen LogP contribution in [-0.4, -0.2) is 38.0 Å². The van der Waals surface area contributed by atoms with Gasteiger partial charge < -0.3 is 16.0 Å². The SMILES string of the molecule is CCCNC(=O)CN=C(NCC)NCC1(c2ccccc2)CC1. The highest BCUT2D eigenvalue weighted by molar-refractivity contribution is 5.85. The number of rotatable bonds is 8. The molecule has 0 atom stereocenters. The highest BCUT2D eigenvalue weighted by Gasteiger charge is 2.43. The highest BCUT2D eigenvalue weighted by Crippen LogP contribution is 2.47. The molecular formula is C18H28N4O. The van der Waals surface area contributed by atoms with Gasteiger partial charge in [-0.3, -0.25) is 4.79 Å². The van der Waals surface area contributed by atoms with Crippen LogP contribution in [-0.2, 0) is 10.2 Å². The third kappa shape index (κ3) is 5.27. The van der Waals surface area contributed by atoms with Gasteiger partial charge in [0.2, 0.25) is 5.91 Å². The number of hydrogen-bond donors (Lipinski definition) is 3.